The van der Waals surface area contributed by atoms with E-state index < -0.39 is 23.4 Å². The fourth-order valence-electron chi connectivity index (χ4n) is 6.62. The normalized spacial score (nSPS) is 21.2. The Bertz CT molecular complexity index is 1390. The van der Waals surface area contributed by atoms with Crippen LogP contribution in [0.1, 0.15) is 74.7 Å². The number of fused-ring (bicyclic) bond motifs is 1. The molecule has 6 unspecified atom stereocenters. The molecule has 1 heterocycles. The number of hydrogen-bond acceptors (Lipinski definition) is 7. The Hall–Kier alpha value is -2.76. The quantitative estimate of drug-likeness (QED) is 0.143. The van der Waals surface area contributed by atoms with Crippen molar-refractivity contribution in [2.75, 3.05) is 51.6 Å². The van der Waals surface area contributed by atoms with Crippen LogP contribution in [0.25, 0.3) is 0 Å². The van der Waals surface area contributed by atoms with Gasteiger partial charge in [0.15, 0.2) is 6.10 Å². The van der Waals surface area contributed by atoms with Crippen molar-refractivity contribution in [2.24, 2.45) is 11.8 Å². The van der Waals surface area contributed by atoms with Crippen LogP contribution in [0, 0.1) is 11.8 Å². The van der Waals surface area contributed by atoms with Crippen LogP contribution in [0.4, 0.5) is 5.69 Å². The molecule has 0 spiro atoms. The number of hydrogen-bond donors (Lipinski definition) is 2. The van der Waals surface area contributed by atoms with Crippen LogP contribution in [-0.4, -0.2) is 79.1 Å². The molecule has 1 fully saturated rings. The number of benzene rings is 2. The van der Waals surface area contributed by atoms with Gasteiger partial charge >= 0.3 is 0 Å². The molecule has 2 amide bonds. The summed E-state index contributed by atoms with van der Waals surface area (Å²) >= 11 is 4.82. The summed E-state index contributed by atoms with van der Waals surface area (Å²) in [7, 11) is 3.58. The second-order valence-electron chi connectivity index (χ2n) is 12.8. The molecule has 4 rings (SSSR count). The maximum atomic E-state index is 12.6. The third-order valence-electron chi connectivity index (χ3n) is 9.43. The Balaban J connectivity index is 1.58. The molecule has 0 aromatic heterocycles. The molecule has 1 aliphatic carbocycles. The predicted molar refractivity (Wildman–Crippen MR) is 188 cm³/mol. The second-order valence-corrected chi connectivity index (χ2v) is 14.3. The summed E-state index contributed by atoms with van der Waals surface area (Å²) in [6, 6.07) is 11.5. The molecule has 2 aromatic rings. The third kappa shape index (κ3) is 9.89. The van der Waals surface area contributed by atoms with E-state index in [0.29, 0.717) is 36.3 Å². The topological polar surface area (TPSA) is 114 Å². The summed E-state index contributed by atoms with van der Waals surface area (Å²) in [5.74, 6) is 0.835. The van der Waals surface area contributed by atoms with Gasteiger partial charge in [0.25, 0.3) is 5.91 Å². The largest absolute Gasteiger partial charge is 0.593 e. The summed E-state index contributed by atoms with van der Waals surface area (Å²) in [5, 5.41) is 11.6. The number of aliphatic hydroxyl groups is 1. The predicted octanol–water partition coefficient (Wildman–Crippen LogP) is 5.57. The number of ether oxygens (including phenoxy) is 2. The number of nitrogens with one attached hydrogen (secondary N) is 1. The van der Waals surface area contributed by atoms with Crippen LogP contribution >= 0.6 is 11.6 Å². The van der Waals surface area contributed by atoms with E-state index >= 15 is 0 Å². The Morgan fingerprint density at radius 3 is 2.72 bits per heavy atom. The van der Waals surface area contributed by atoms with E-state index in [-0.39, 0.29) is 17.9 Å². The highest BCUT2D eigenvalue weighted by atomic mass is 35.5. The lowest BCUT2D eigenvalue weighted by atomic mass is 9.70. The molecule has 1 saturated carbocycles. The molecule has 2 aliphatic rings. The van der Waals surface area contributed by atoms with Gasteiger partial charge in [0.1, 0.15) is 12.0 Å². The van der Waals surface area contributed by atoms with Crippen molar-refractivity contribution in [1.82, 2.24) is 9.62 Å². The number of allylic oxidation sites excluding steroid dienone is 1. The SMILES string of the molecule is CCCc1cc(Cl)ccc1C1COc2ccc(C(O)C(=O)N[S+](C)[O-])cc2N(CC2CCC2C(/C=C/CCCN(C)C(C)=O)OC)C1. The number of halogens is 1. The number of carbonyl (C=O) groups is 2. The van der Waals surface area contributed by atoms with Crippen molar-refractivity contribution in [1.29, 1.82) is 0 Å². The highest BCUT2D eigenvalue weighted by molar-refractivity contribution is 7.89. The first-order chi connectivity index (χ1) is 22.5. The van der Waals surface area contributed by atoms with Crippen LogP contribution < -0.4 is 14.4 Å². The summed E-state index contributed by atoms with van der Waals surface area (Å²) < 4.78 is 26.3. The standard InChI is InChI=1S/C36H50ClN3O6S/c1-6-10-25-19-29(37)14-16-30(25)28-22-40(32-20-26(13-17-34(32)46-23-28)35(42)36(43)38-47(5)44)21-27-12-15-31(27)33(45-4)11-8-7-9-18-39(3)24(2)41/h8,11,13-14,16-17,19-20,27-28,31,33,35,42H,6-7,9-10,12,15,18,21-23H2,1-5H3,(H,38,43)/b11-8+. The minimum absolute atomic E-state index is 0.0167. The van der Waals surface area contributed by atoms with Crippen molar-refractivity contribution in [3.8, 4) is 5.75 Å². The van der Waals surface area contributed by atoms with E-state index in [9.17, 15) is 19.2 Å². The van der Waals surface area contributed by atoms with Crippen molar-refractivity contribution in [2.45, 2.75) is 70.5 Å². The Morgan fingerprint density at radius 2 is 2.06 bits per heavy atom. The molecule has 2 aromatic carbocycles. The molecule has 9 nitrogen and oxygen atoms in total. The van der Waals surface area contributed by atoms with Crippen molar-refractivity contribution in [3.63, 3.8) is 0 Å². The minimum Gasteiger partial charge on any atom is -0.593 e. The molecule has 0 bridgehead atoms. The first kappa shape index (κ1) is 37.1. The average Bonchev–Trinajstić information content (AvgIpc) is 3.20. The van der Waals surface area contributed by atoms with Crippen LogP contribution in [-0.2, 0) is 32.1 Å². The zero-order valence-electron chi connectivity index (χ0n) is 28.2. The van der Waals surface area contributed by atoms with Gasteiger partial charge in [-0.3, -0.25) is 9.59 Å². The van der Waals surface area contributed by atoms with Crippen LogP contribution in [0.5, 0.6) is 5.75 Å². The zero-order valence-corrected chi connectivity index (χ0v) is 29.8. The van der Waals surface area contributed by atoms with Crippen molar-refractivity contribution < 1.29 is 28.7 Å². The highest BCUT2D eigenvalue weighted by Gasteiger charge is 2.39. The monoisotopic (exact) mass is 687 g/mol. The highest BCUT2D eigenvalue weighted by Crippen LogP contribution is 2.43. The molecular formula is C36H50ClN3O6S. The number of aliphatic hydroxyl groups excluding tert-OH is 1. The number of unbranched alkanes of at least 4 members (excludes halogenated alkanes) is 1. The first-order valence-electron chi connectivity index (χ1n) is 16.5. The lowest BCUT2D eigenvalue weighted by molar-refractivity contribution is -0.128. The van der Waals surface area contributed by atoms with E-state index in [1.165, 1.54) is 17.4 Å². The summed E-state index contributed by atoms with van der Waals surface area (Å²) in [6.45, 7) is 6.40. The van der Waals surface area contributed by atoms with Gasteiger partial charge in [-0.15, -0.1) is 0 Å². The molecule has 0 saturated heterocycles. The van der Waals surface area contributed by atoms with Gasteiger partial charge in [-0.05, 0) is 84.9 Å². The molecule has 6 atom stereocenters. The molecule has 0 radical (unpaired) electrons. The number of rotatable bonds is 15. The Labute approximate surface area is 287 Å². The lowest BCUT2D eigenvalue weighted by Gasteiger charge is -2.43. The number of methoxy groups -OCH3 is 1. The molecule has 2 N–H and O–H groups in total. The average molecular weight is 688 g/mol. The van der Waals surface area contributed by atoms with Gasteiger partial charge in [0, 0.05) is 51.7 Å². The first-order valence-corrected chi connectivity index (χ1v) is 18.5. The fourth-order valence-corrected chi connectivity index (χ4v) is 7.21. The maximum absolute atomic E-state index is 12.6. The van der Waals surface area contributed by atoms with E-state index in [2.05, 4.69) is 40.8 Å². The van der Waals surface area contributed by atoms with Crippen LogP contribution in [0.2, 0.25) is 5.02 Å². The van der Waals surface area contributed by atoms with E-state index in [1.54, 1.807) is 25.0 Å². The van der Waals surface area contributed by atoms with Gasteiger partial charge < -0.3 is 28.9 Å². The van der Waals surface area contributed by atoms with Gasteiger partial charge in [-0.1, -0.05) is 49.2 Å². The second kappa shape index (κ2) is 17.6. The van der Waals surface area contributed by atoms with Gasteiger partial charge in [0.05, 0.1) is 29.8 Å². The number of aryl methyl sites for hydroxylation is 1. The minimum atomic E-state index is -1.59. The smallest absolute Gasteiger partial charge is 0.294 e. The number of anilines is 1. The zero-order chi connectivity index (χ0) is 34.1. The molecular weight excluding hydrogens is 638 g/mol. The summed E-state index contributed by atoms with van der Waals surface area (Å²) in [4.78, 5) is 28.1. The van der Waals surface area contributed by atoms with E-state index in [1.807, 2.05) is 25.2 Å². The van der Waals surface area contributed by atoms with E-state index in [4.69, 9.17) is 21.1 Å². The van der Waals surface area contributed by atoms with Crippen LogP contribution in [0.15, 0.2) is 48.6 Å². The molecule has 1 aliphatic heterocycles. The maximum Gasteiger partial charge on any atom is 0.294 e. The van der Waals surface area contributed by atoms with Crippen molar-refractivity contribution in [3.05, 3.63) is 70.3 Å². The Morgan fingerprint density at radius 1 is 1.28 bits per heavy atom. The van der Waals surface area contributed by atoms with Crippen LogP contribution in [0.3, 0.4) is 0 Å². The summed E-state index contributed by atoms with van der Waals surface area (Å²) in [6.07, 6.45) is 10.0. The van der Waals surface area contributed by atoms with Gasteiger partial charge in [-0.25, -0.2) is 0 Å². The summed E-state index contributed by atoms with van der Waals surface area (Å²) in [5.41, 5.74) is 3.68. The van der Waals surface area contributed by atoms with E-state index in [0.717, 1.165) is 62.3 Å². The lowest BCUT2D eigenvalue weighted by Crippen LogP contribution is -2.44. The number of carbonyl (C=O) groups excluding carboxylic acids is 2. The van der Waals surface area contributed by atoms with Gasteiger partial charge in [0.2, 0.25) is 5.91 Å². The number of nitrogens with zero attached hydrogens (tertiary/aromatic N) is 2. The molecule has 258 valence electrons. The molecule has 11 heteroatoms. The number of amides is 2. The third-order valence-corrected chi connectivity index (χ3v) is 10.2. The van der Waals surface area contributed by atoms with Crippen molar-refractivity contribution >= 4 is 40.5 Å². The molecule has 47 heavy (non-hydrogen) atoms. The van der Waals surface area contributed by atoms with Gasteiger partial charge in [-0.2, -0.15) is 4.72 Å². The fraction of sp³-hybridized carbons (Fsp3) is 0.556. The Kier molecular flexibility index (Phi) is 13.9.